The van der Waals surface area contributed by atoms with Crippen LogP contribution in [-0.2, 0) is 14.4 Å². The van der Waals surface area contributed by atoms with Crippen LogP contribution in [0.3, 0.4) is 0 Å². The number of hydrogen-bond donors (Lipinski definition) is 4. The summed E-state index contributed by atoms with van der Waals surface area (Å²) >= 11 is 0. The van der Waals surface area contributed by atoms with Gasteiger partial charge in [-0.05, 0) is 50.2 Å². The van der Waals surface area contributed by atoms with Crippen molar-refractivity contribution in [3.63, 3.8) is 0 Å². The minimum Gasteiger partial charge on any atom is -0.480 e. The molecule has 2 amide bonds. The van der Waals surface area contributed by atoms with Gasteiger partial charge in [0.15, 0.2) is 0 Å². The first kappa shape index (κ1) is 25.8. The molecular weight excluding hydrogens is 406 g/mol. The van der Waals surface area contributed by atoms with Crippen LogP contribution in [0.25, 0.3) is 0 Å². The van der Waals surface area contributed by atoms with Gasteiger partial charge in [-0.25, -0.2) is 0 Å². The molecule has 1 aromatic carbocycles. The second-order valence-corrected chi connectivity index (χ2v) is 9.41. The molecule has 178 valence electrons. The first-order valence-electron chi connectivity index (χ1n) is 11.9. The fourth-order valence-corrected chi connectivity index (χ4v) is 4.27. The molecule has 1 saturated carbocycles. The molecule has 0 spiro atoms. The zero-order chi connectivity index (χ0) is 23.5. The van der Waals surface area contributed by atoms with Crippen molar-refractivity contribution < 1.29 is 19.5 Å². The number of carboxylic acid groups (broad SMARTS) is 1. The van der Waals surface area contributed by atoms with E-state index in [1.54, 1.807) is 12.1 Å². The number of hydrogen-bond acceptors (Lipinski definition) is 4. The van der Waals surface area contributed by atoms with E-state index in [9.17, 15) is 19.5 Å². The standard InChI is InChI=1S/C25H39N3O4/c1-17(2)16-22(24(30)27-20-12-8-5-9-13-20)28-23(29)21(26-18(3)25(31)32)15-14-19-10-6-4-7-11-19/h5,8-9,12-13,17-19,21-22,26H,4,6-7,10-11,14-16H2,1-3H3,(H,27,30)(H,28,29)(H,31,32)/t18?,21-,22-/m0/s1. The lowest BCUT2D eigenvalue weighted by Crippen LogP contribution is -2.54. The maximum Gasteiger partial charge on any atom is 0.320 e. The minimum atomic E-state index is -0.999. The van der Waals surface area contributed by atoms with Crippen LogP contribution in [0.2, 0.25) is 0 Å². The van der Waals surface area contributed by atoms with Gasteiger partial charge in [0, 0.05) is 5.69 Å². The van der Waals surface area contributed by atoms with Crippen molar-refractivity contribution in [1.82, 2.24) is 10.6 Å². The number of aliphatic carboxylic acids is 1. The van der Waals surface area contributed by atoms with Crippen LogP contribution < -0.4 is 16.0 Å². The molecule has 7 heteroatoms. The molecule has 7 nitrogen and oxygen atoms in total. The first-order chi connectivity index (χ1) is 15.3. The summed E-state index contributed by atoms with van der Waals surface area (Å²) < 4.78 is 0. The second-order valence-electron chi connectivity index (χ2n) is 9.41. The number of benzene rings is 1. The maximum absolute atomic E-state index is 13.2. The van der Waals surface area contributed by atoms with E-state index < -0.39 is 24.1 Å². The van der Waals surface area contributed by atoms with Crippen LogP contribution in [0.5, 0.6) is 0 Å². The third kappa shape index (κ3) is 8.99. The topological polar surface area (TPSA) is 108 Å². The average Bonchev–Trinajstić information content (AvgIpc) is 2.76. The predicted molar refractivity (Wildman–Crippen MR) is 126 cm³/mol. The Morgan fingerprint density at radius 1 is 0.969 bits per heavy atom. The van der Waals surface area contributed by atoms with E-state index in [2.05, 4.69) is 16.0 Å². The van der Waals surface area contributed by atoms with Crippen LogP contribution in [0.4, 0.5) is 5.69 Å². The summed E-state index contributed by atoms with van der Waals surface area (Å²) in [6.07, 6.45) is 7.96. The fraction of sp³-hybridized carbons (Fsp3) is 0.640. The Bertz CT molecular complexity index is 732. The molecule has 0 aromatic heterocycles. The van der Waals surface area contributed by atoms with Crippen molar-refractivity contribution in [2.75, 3.05) is 5.32 Å². The Hall–Kier alpha value is -2.41. The third-order valence-corrected chi connectivity index (χ3v) is 6.11. The number of carbonyl (C=O) groups is 3. The molecule has 1 aliphatic rings. The highest BCUT2D eigenvalue weighted by Gasteiger charge is 2.29. The molecule has 1 aliphatic carbocycles. The molecule has 0 aliphatic heterocycles. The van der Waals surface area contributed by atoms with E-state index >= 15 is 0 Å². The van der Waals surface area contributed by atoms with Gasteiger partial charge in [-0.15, -0.1) is 0 Å². The quantitative estimate of drug-likeness (QED) is 0.390. The molecular formula is C25H39N3O4. The SMILES string of the molecule is CC(C)C[C@H](NC(=O)[C@H](CCC1CCCCC1)NC(C)C(=O)O)C(=O)Nc1ccccc1. The smallest absolute Gasteiger partial charge is 0.320 e. The second kappa shape index (κ2) is 13.2. The van der Waals surface area contributed by atoms with Gasteiger partial charge in [0.05, 0.1) is 6.04 Å². The van der Waals surface area contributed by atoms with Crippen LogP contribution in [0.1, 0.15) is 72.1 Å². The van der Waals surface area contributed by atoms with Gasteiger partial charge in [0.1, 0.15) is 12.1 Å². The Labute approximate surface area is 191 Å². The van der Waals surface area contributed by atoms with Gasteiger partial charge >= 0.3 is 5.97 Å². The number of nitrogens with one attached hydrogen (secondary N) is 3. The molecule has 3 atom stereocenters. The highest BCUT2D eigenvalue weighted by Crippen LogP contribution is 2.28. The molecule has 0 radical (unpaired) electrons. The maximum atomic E-state index is 13.2. The van der Waals surface area contributed by atoms with Gasteiger partial charge in [0.25, 0.3) is 0 Å². The lowest BCUT2D eigenvalue weighted by atomic mass is 9.85. The van der Waals surface area contributed by atoms with Crippen LogP contribution in [0, 0.1) is 11.8 Å². The van der Waals surface area contributed by atoms with Crippen LogP contribution in [-0.4, -0.2) is 41.0 Å². The van der Waals surface area contributed by atoms with Gasteiger partial charge < -0.3 is 15.7 Å². The molecule has 1 fully saturated rings. The summed E-state index contributed by atoms with van der Waals surface area (Å²) in [5.41, 5.74) is 0.673. The van der Waals surface area contributed by atoms with Gasteiger partial charge in [-0.1, -0.05) is 64.2 Å². The van der Waals surface area contributed by atoms with E-state index in [1.807, 2.05) is 32.0 Å². The third-order valence-electron chi connectivity index (χ3n) is 6.11. The summed E-state index contributed by atoms with van der Waals surface area (Å²) in [6.45, 7) is 5.54. The molecule has 1 aromatic rings. The largest absolute Gasteiger partial charge is 0.480 e. The summed E-state index contributed by atoms with van der Waals surface area (Å²) in [7, 11) is 0. The molecule has 32 heavy (non-hydrogen) atoms. The van der Waals surface area contributed by atoms with Crippen molar-refractivity contribution in [2.24, 2.45) is 11.8 Å². The monoisotopic (exact) mass is 445 g/mol. The fourth-order valence-electron chi connectivity index (χ4n) is 4.27. The van der Waals surface area contributed by atoms with E-state index in [4.69, 9.17) is 0 Å². The molecule has 0 bridgehead atoms. The lowest BCUT2D eigenvalue weighted by molar-refractivity contribution is -0.139. The van der Waals surface area contributed by atoms with Crippen molar-refractivity contribution >= 4 is 23.5 Å². The molecule has 2 rings (SSSR count). The van der Waals surface area contributed by atoms with Gasteiger partial charge in [-0.2, -0.15) is 0 Å². The Morgan fingerprint density at radius 3 is 2.22 bits per heavy atom. The van der Waals surface area contributed by atoms with Crippen molar-refractivity contribution in [3.8, 4) is 0 Å². The number of amides is 2. The average molecular weight is 446 g/mol. The summed E-state index contributed by atoms with van der Waals surface area (Å²) in [6, 6.07) is 6.95. The highest BCUT2D eigenvalue weighted by molar-refractivity contribution is 5.97. The lowest BCUT2D eigenvalue weighted by Gasteiger charge is -2.27. The van der Waals surface area contributed by atoms with Gasteiger partial charge in [0.2, 0.25) is 11.8 Å². The van der Waals surface area contributed by atoms with Crippen molar-refractivity contribution in [3.05, 3.63) is 30.3 Å². The van der Waals surface area contributed by atoms with E-state index in [1.165, 1.54) is 26.2 Å². The minimum absolute atomic E-state index is 0.202. The number of anilines is 1. The van der Waals surface area contributed by atoms with E-state index in [-0.39, 0.29) is 17.7 Å². The summed E-state index contributed by atoms with van der Waals surface area (Å²) in [4.78, 5) is 37.5. The zero-order valence-electron chi connectivity index (χ0n) is 19.6. The number of carbonyl (C=O) groups excluding carboxylic acids is 2. The Morgan fingerprint density at radius 2 is 1.62 bits per heavy atom. The predicted octanol–water partition coefficient (Wildman–Crippen LogP) is 3.95. The molecule has 1 unspecified atom stereocenters. The van der Waals surface area contributed by atoms with E-state index in [0.29, 0.717) is 24.4 Å². The number of carboxylic acids is 1. The van der Waals surface area contributed by atoms with Crippen molar-refractivity contribution in [2.45, 2.75) is 90.3 Å². The molecule has 0 saturated heterocycles. The zero-order valence-corrected chi connectivity index (χ0v) is 19.6. The van der Waals surface area contributed by atoms with Crippen LogP contribution >= 0.6 is 0 Å². The first-order valence-corrected chi connectivity index (χ1v) is 11.9. The number of para-hydroxylation sites is 1. The van der Waals surface area contributed by atoms with E-state index in [0.717, 1.165) is 19.3 Å². The summed E-state index contributed by atoms with van der Waals surface area (Å²) in [5, 5.41) is 18.0. The molecule has 4 N–H and O–H groups in total. The molecule has 0 heterocycles. The number of rotatable bonds is 12. The van der Waals surface area contributed by atoms with Gasteiger partial charge in [-0.3, -0.25) is 19.7 Å². The van der Waals surface area contributed by atoms with Crippen LogP contribution in [0.15, 0.2) is 30.3 Å². The normalized spacial score (nSPS) is 17.4. The Kier molecular flexibility index (Phi) is 10.7. The van der Waals surface area contributed by atoms with Crippen molar-refractivity contribution in [1.29, 1.82) is 0 Å². The Balaban J connectivity index is 2.06. The summed E-state index contributed by atoms with van der Waals surface area (Å²) in [5.74, 6) is -0.804. The highest BCUT2D eigenvalue weighted by atomic mass is 16.4.